The molecule has 0 N–H and O–H groups in total. The number of rotatable bonds is 34. The van der Waals surface area contributed by atoms with Crippen LogP contribution in [-0.4, -0.2) is 25.8 Å². The van der Waals surface area contributed by atoms with Crippen molar-refractivity contribution < 1.29 is 14.2 Å². The lowest BCUT2D eigenvalue weighted by Crippen LogP contribution is -2.22. The van der Waals surface area contributed by atoms with Gasteiger partial charge >= 0.3 is 0 Å². The Morgan fingerprint density at radius 1 is 0.349 bits per heavy atom. The van der Waals surface area contributed by atoms with Crippen LogP contribution in [-0.2, 0) is 14.2 Å². The molecule has 0 aliphatic carbocycles. The van der Waals surface area contributed by atoms with E-state index < -0.39 is 0 Å². The second-order valence-electron chi connectivity index (χ2n) is 12.2. The zero-order chi connectivity index (χ0) is 31.3. The molecule has 0 heterocycles. The molecule has 2 unspecified atom stereocenters. The lowest BCUT2D eigenvalue weighted by atomic mass is 10.1. The molecule has 0 aromatic carbocycles. The highest BCUT2D eigenvalue weighted by Crippen LogP contribution is 2.11. The molecule has 0 radical (unpaired) electrons. The summed E-state index contributed by atoms with van der Waals surface area (Å²) in [4.78, 5) is 0. The third-order valence-electron chi connectivity index (χ3n) is 7.76. The first-order chi connectivity index (χ1) is 21.2. The van der Waals surface area contributed by atoms with Crippen LogP contribution in [0.5, 0.6) is 0 Å². The summed E-state index contributed by atoms with van der Waals surface area (Å²) < 4.78 is 17.4. The fourth-order valence-electron chi connectivity index (χ4n) is 5.00. The molecule has 43 heavy (non-hydrogen) atoms. The van der Waals surface area contributed by atoms with Crippen molar-refractivity contribution in [1.82, 2.24) is 0 Å². The highest BCUT2D eigenvalue weighted by Gasteiger charge is 2.08. The predicted molar refractivity (Wildman–Crippen MR) is 191 cm³/mol. The molecule has 0 aliphatic rings. The summed E-state index contributed by atoms with van der Waals surface area (Å²) in [6, 6.07) is 0. The molecule has 0 spiro atoms. The van der Waals surface area contributed by atoms with Gasteiger partial charge in [-0.15, -0.1) is 0 Å². The summed E-state index contributed by atoms with van der Waals surface area (Å²) in [5.74, 6) is 0. The third-order valence-corrected chi connectivity index (χ3v) is 7.76. The normalized spacial score (nSPS) is 13.9. The number of hydrogen-bond acceptors (Lipinski definition) is 3. The summed E-state index contributed by atoms with van der Waals surface area (Å²) in [6.07, 6.45) is 49.0. The fraction of sp³-hybridized carbons (Fsp3) is 0.800. The minimum atomic E-state index is -0.243. The molecule has 0 aromatic rings. The lowest BCUT2D eigenvalue weighted by Gasteiger charge is -2.19. The molecule has 0 bridgehead atoms. The van der Waals surface area contributed by atoms with Gasteiger partial charge in [0.25, 0.3) is 0 Å². The van der Waals surface area contributed by atoms with E-state index in [1.807, 2.05) is 13.8 Å². The number of hydrogen-bond donors (Lipinski definition) is 0. The first kappa shape index (κ1) is 41.8. The van der Waals surface area contributed by atoms with Crippen LogP contribution in [0.25, 0.3) is 0 Å². The lowest BCUT2D eigenvalue weighted by molar-refractivity contribution is -0.230. The van der Waals surface area contributed by atoms with Gasteiger partial charge < -0.3 is 14.2 Å². The Hall–Kier alpha value is -1.16. The van der Waals surface area contributed by atoms with Gasteiger partial charge in [0.15, 0.2) is 12.6 Å². The quantitative estimate of drug-likeness (QED) is 0.0416. The molecule has 3 heteroatoms. The van der Waals surface area contributed by atoms with Gasteiger partial charge in [0.05, 0.1) is 13.2 Å². The number of ether oxygens (including phenoxy) is 3. The molecule has 0 saturated carbocycles. The summed E-state index contributed by atoms with van der Waals surface area (Å²) in [5, 5.41) is 0. The van der Waals surface area contributed by atoms with Gasteiger partial charge in [-0.05, 0) is 90.9 Å². The first-order valence-electron chi connectivity index (χ1n) is 18.7. The molecular weight excluding hydrogens is 528 g/mol. The van der Waals surface area contributed by atoms with Crippen LogP contribution in [0.2, 0.25) is 0 Å². The predicted octanol–water partition coefficient (Wildman–Crippen LogP) is 13.4. The molecule has 252 valence electrons. The Kier molecular flexibility index (Phi) is 36.0. The summed E-state index contributed by atoms with van der Waals surface area (Å²) in [7, 11) is 0. The van der Waals surface area contributed by atoms with Crippen LogP contribution >= 0.6 is 0 Å². The minimum Gasteiger partial charge on any atom is -0.353 e. The minimum absolute atomic E-state index is 0.243. The van der Waals surface area contributed by atoms with Crippen molar-refractivity contribution in [3.8, 4) is 0 Å². The summed E-state index contributed by atoms with van der Waals surface area (Å²) in [6.45, 7) is 9.81. The van der Waals surface area contributed by atoms with Gasteiger partial charge in [-0.2, -0.15) is 0 Å². The van der Waals surface area contributed by atoms with Crippen molar-refractivity contribution in [1.29, 1.82) is 0 Å². The molecule has 0 fully saturated rings. The van der Waals surface area contributed by atoms with E-state index >= 15 is 0 Å². The van der Waals surface area contributed by atoms with Crippen molar-refractivity contribution in [3.63, 3.8) is 0 Å². The van der Waals surface area contributed by atoms with Gasteiger partial charge in [-0.1, -0.05) is 140 Å². The van der Waals surface area contributed by atoms with Crippen molar-refractivity contribution in [3.05, 3.63) is 48.6 Å². The van der Waals surface area contributed by atoms with Crippen LogP contribution in [0.3, 0.4) is 0 Å². The van der Waals surface area contributed by atoms with Gasteiger partial charge in [0.2, 0.25) is 0 Å². The van der Waals surface area contributed by atoms with E-state index in [1.54, 1.807) is 0 Å². The number of allylic oxidation sites excluding steroid dienone is 6. The Balaban J connectivity index is 3.42. The molecule has 0 amide bonds. The zero-order valence-corrected chi connectivity index (χ0v) is 29.4. The Bertz CT molecular complexity index is 582. The highest BCUT2D eigenvalue weighted by molar-refractivity contribution is 4.83. The number of unbranched alkanes of at least 4 members (excludes halogenated alkanes) is 18. The molecule has 0 saturated heterocycles. The molecule has 0 rings (SSSR count). The van der Waals surface area contributed by atoms with E-state index in [9.17, 15) is 0 Å². The maximum atomic E-state index is 5.81. The molecule has 0 aliphatic heterocycles. The zero-order valence-electron chi connectivity index (χ0n) is 29.4. The van der Waals surface area contributed by atoms with Crippen LogP contribution < -0.4 is 0 Å². The van der Waals surface area contributed by atoms with Crippen molar-refractivity contribution in [2.24, 2.45) is 0 Å². The molecule has 0 aromatic heterocycles. The van der Waals surface area contributed by atoms with E-state index in [0.717, 1.165) is 12.8 Å². The van der Waals surface area contributed by atoms with Gasteiger partial charge in [-0.3, -0.25) is 0 Å². The van der Waals surface area contributed by atoms with E-state index in [2.05, 4.69) is 62.5 Å². The first-order valence-corrected chi connectivity index (χ1v) is 18.7. The smallest absolute Gasteiger partial charge is 0.157 e. The topological polar surface area (TPSA) is 27.7 Å². The fourth-order valence-corrected chi connectivity index (χ4v) is 5.00. The van der Waals surface area contributed by atoms with Crippen molar-refractivity contribution >= 4 is 0 Å². The largest absolute Gasteiger partial charge is 0.353 e. The van der Waals surface area contributed by atoms with E-state index in [-0.39, 0.29) is 12.6 Å². The Morgan fingerprint density at radius 3 is 0.907 bits per heavy atom. The maximum absolute atomic E-state index is 5.81. The second-order valence-corrected chi connectivity index (χ2v) is 12.2. The van der Waals surface area contributed by atoms with Crippen LogP contribution in [0, 0.1) is 0 Å². The van der Waals surface area contributed by atoms with E-state index in [1.165, 1.54) is 141 Å². The van der Waals surface area contributed by atoms with Gasteiger partial charge in [0, 0.05) is 0 Å². The van der Waals surface area contributed by atoms with E-state index in [0.29, 0.717) is 13.2 Å². The SMILES string of the molecule is CCCCC=CCCCCCCCCC=CCCOC(C)OC(C)OCCC=CCCCCCCCCC=CCCCC. The van der Waals surface area contributed by atoms with Crippen molar-refractivity contribution in [2.45, 2.75) is 194 Å². The summed E-state index contributed by atoms with van der Waals surface area (Å²) in [5.41, 5.74) is 0. The average Bonchev–Trinajstić information content (AvgIpc) is 3.00. The molecular formula is C40H74O3. The second kappa shape index (κ2) is 37.0. The molecule has 2 atom stereocenters. The standard InChI is InChI=1S/C40H74O3/c1-5-7-9-11-13-15-17-19-21-23-25-27-29-31-33-35-37-41-39(3)43-40(4)42-38-36-34-32-30-28-26-24-22-20-18-16-14-12-10-8-6-2/h11-14,31-34,39-40H,5-10,15-30,35-38H2,1-4H3. The van der Waals surface area contributed by atoms with E-state index in [4.69, 9.17) is 14.2 Å². The van der Waals surface area contributed by atoms with Gasteiger partial charge in [0.1, 0.15) is 0 Å². The summed E-state index contributed by atoms with van der Waals surface area (Å²) >= 11 is 0. The Labute approximate surface area is 270 Å². The third kappa shape index (κ3) is 36.9. The Morgan fingerprint density at radius 2 is 0.605 bits per heavy atom. The van der Waals surface area contributed by atoms with Crippen molar-refractivity contribution in [2.75, 3.05) is 13.2 Å². The molecule has 3 nitrogen and oxygen atoms in total. The van der Waals surface area contributed by atoms with Gasteiger partial charge in [-0.25, -0.2) is 0 Å². The highest BCUT2D eigenvalue weighted by atomic mass is 16.8. The van der Waals surface area contributed by atoms with Crippen LogP contribution in [0.15, 0.2) is 48.6 Å². The van der Waals surface area contributed by atoms with Crippen LogP contribution in [0.1, 0.15) is 182 Å². The average molecular weight is 603 g/mol. The van der Waals surface area contributed by atoms with Crippen LogP contribution in [0.4, 0.5) is 0 Å². The maximum Gasteiger partial charge on any atom is 0.157 e. The monoisotopic (exact) mass is 603 g/mol.